The third-order valence-electron chi connectivity index (χ3n) is 2.96. The highest BCUT2D eigenvalue weighted by Gasteiger charge is 2.10. The van der Waals surface area contributed by atoms with Crippen LogP contribution in [0.2, 0.25) is 0 Å². The molecular formula is C15H12N4S. The number of aromatic nitrogens is 3. The molecule has 0 fully saturated rings. The van der Waals surface area contributed by atoms with Gasteiger partial charge in [-0.2, -0.15) is 5.10 Å². The summed E-state index contributed by atoms with van der Waals surface area (Å²) in [7, 11) is 0. The van der Waals surface area contributed by atoms with Gasteiger partial charge in [-0.05, 0) is 17.7 Å². The molecule has 5 heteroatoms. The van der Waals surface area contributed by atoms with E-state index in [2.05, 4.69) is 10.1 Å². The maximum Gasteiger partial charge on any atom is 0.163 e. The molecule has 0 saturated heterocycles. The van der Waals surface area contributed by atoms with E-state index in [1.165, 1.54) is 0 Å². The molecule has 0 radical (unpaired) electrons. The van der Waals surface area contributed by atoms with Crippen LogP contribution in [0.15, 0.2) is 61.1 Å². The van der Waals surface area contributed by atoms with Crippen LogP contribution in [0.3, 0.4) is 0 Å². The van der Waals surface area contributed by atoms with E-state index in [0.717, 1.165) is 11.1 Å². The molecule has 0 aliphatic rings. The zero-order chi connectivity index (χ0) is 13.9. The van der Waals surface area contributed by atoms with Gasteiger partial charge < -0.3 is 5.73 Å². The second-order valence-corrected chi connectivity index (χ2v) is 4.72. The molecule has 0 aliphatic carbocycles. The number of hydrogen-bond acceptors (Lipinski definition) is 3. The summed E-state index contributed by atoms with van der Waals surface area (Å²) in [6, 6.07) is 13.7. The van der Waals surface area contributed by atoms with Crippen LogP contribution < -0.4 is 5.73 Å². The molecule has 1 aromatic carbocycles. The molecule has 0 unspecified atom stereocenters. The van der Waals surface area contributed by atoms with Gasteiger partial charge in [0.15, 0.2) is 5.82 Å². The molecule has 2 heterocycles. The van der Waals surface area contributed by atoms with E-state index in [9.17, 15) is 0 Å². The number of rotatable bonds is 3. The fraction of sp³-hybridized carbons (Fsp3) is 0. The fourth-order valence-electron chi connectivity index (χ4n) is 1.99. The molecule has 3 rings (SSSR count). The summed E-state index contributed by atoms with van der Waals surface area (Å²) in [6.45, 7) is 0. The monoisotopic (exact) mass is 280 g/mol. The molecule has 0 saturated carbocycles. The van der Waals surface area contributed by atoms with Crippen molar-refractivity contribution in [1.29, 1.82) is 0 Å². The van der Waals surface area contributed by atoms with Crippen molar-refractivity contribution >= 4 is 17.2 Å². The van der Waals surface area contributed by atoms with Crippen molar-refractivity contribution in [2.24, 2.45) is 5.73 Å². The second kappa shape index (κ2) is 5.22. The van der Waals surface area contributed by atoms with Crippen molar-refractivity contribution in [2.75, 3.05) is 0 Å². The van der Waals surface area contributed by atoms with Crippen LogP contribution in [-0.4, -0.2) is 19.8 Å². The van der Waals surface area contributed by atoms with Crippen LogP contribution in [-0.2, 0) is 0 Å². The van der Waals surface area contributed by atoms with Crippen LogP contribution in [0, 0.1) is 0 Å². The molecule has 20 heavy (non-hydrogen) atoms. The number of nitrogens with two attached hydrogens (primary N) is 1. The Bertz CT molecular complexity index is 749. The lowest BCUT2D eigenvalue weighted by molar-refractivity contribution is 0.845. The third kappa shape index (κ3) is 2.31. The highest BCUT2D eigenvalue weighted by Crippen LogP contribution is 2.20. The minimum absolute atomic E-state index is 0.310. The molecule has 0 spiro atoms. The molecule has 0 atom stereocenters. The lowest BCUT2D eigenvalue weighted by atomic mass is 10.1. The van der Waals surface area contributed by atoms with Crippen molar-refractivity contribution in [3.05, 3.63) is 66.6 Å². The van der Waals surface area contributed by atoms with Gasteiger partial charge in [-0.25, -0.2) is 9.67 Å². The minimum Gasteiger partial charge on any atom is -0.389 e. The van der Waals surface area contributed by atoms with Gasteiger partial charge in [0.1, 0.15) is 4.99 Å². The minimum atomic E-state index is 0.310. The van der Waals surface area contributed by atoms with Crippen molar-refractivity contribution in [3.8, 4) is 16.9 Å². The smallest absolute Gasteiger partial charge is 0.163 e. The molecular weight excluding hydrogens is 268 g/mol. The van der Waals surface area contributed by atoms with Crippen LogP contribution in [0.4, 0.5) is 0 Å². The van der Waals surface area contributed by atoms with Gasteiger partial charge in [-0.1, -0.05) is 42.5 Å². The van der Waals surface area contributed by atoms with E-state index < -0.39 is 0 Å². The lowest BCUT2D eigenvalue weighted by Gasteiger charge is -2.06. The van der Waals surface area contributed by atoms with Gasteiger partial charge in [-0.15, -0.1) is 0 Å². The van der Waals surface area contributed by atoms with Crippen molar-refractivity contribution < 1.29 is 0 Å². The number of benzene rings is 1. The first-order valence-corrected chi connectivity index (χ1v) is 6.52. The summed E-state index contributed by atoms with van der Waals surface area (Å²) in [4.78, 5) is 4.62. The van der Waals surface area contributed by atoms with Crippen LogP contribution in [0.1, 0.15) is 5.56 Å². The molecule has 2 N–H and O–H groups in total. The van der Waals surface area contributed by atoms with Crippen LogP contribution in [0.5, 0.6) is 0 Å². The largest absolute Gasteiger partial charge is 0.389 e. The van der Waals surface area contributed by atoms with Crippen LogP contribution >= 0.6 is 12.2 Å². The van der Waals surface area contributed by atoms with Gasteiger partial charge in [0, 0.05) is 18.0 Å². The van der Waals surface area contributed by atoms with Crippen LogP contribution in [0.25, 0.3) is 16.9 Å². The lowest BCUT2D eigenvalue weighted by Crippen LogP contribution is -2.14. The Labute approximate surface area is 121 Å². The van der Waals surface area contributed by atoms with Crippen molar-refractivity contribution in [1.82, 2.24) is 14.8 Å². The summed E-state index contributed by atoms with van der Waals surface area (Å²) >= 11 is 5.05. The Morgan fingerprint density at radius 1 is 1.05 bits per heavy atom. The molecule has 98 valence electrons. The third-order valence-corrected chi connectivity index (χ3v) is 3.18. The molecule has 0 amide bonds. The van der Waals surface area contributed by atoms with Crippen molar-refractivity contribution in [2.45, 2.75) is 0 Å². The summed E-state index contributed by atoms with van der Waals surface area (Å²) in [5.74, 6) is 0.641. The number of pyridine rings is 1. The fourth-order valence-corrected chi connectivity index (χ4v) is 2.15. The maximum atomic E-state index is 5.72. The predicted molar refractivity (Wildman–Crippen MR) is 82.7 cm³/mol. The van der Waals surface area contributed by atoms with E-state index >= 15 is 0 Å². The topological polar surface area (TPSA) is 56.7 Å². The SMILES string of the molecule is NC(=S)c1cccnc1-n1cc(-c2ccccc2)cn1. The van der Waals surface area contributed by atoms with Gasteiger partial charge in [0.2, 0.25) is 0 Å². The first-order valence-electron chi connectivity index (χ1n) is 6.11. The Hall–Kier alpha value is -2.53. The summed E-state index contributed by atoms with van der Waals surface area (Å²) in [5, 5.41) is 4.34. The zero-order valence-electron chi connectivity index (χ0n) is 10.6. The van der Waals surface area contributed by atoms with Gasteiger partial charge >= 0.3 is 0 Å². The highest BCUT2D eigenvalue weighted by atomic mass is 32.1. The van der Waals surface area contributed by atoms with E-state index in [1.807, 2.05) is 42.6 Å². The average molecular weight is 280 g/mol. The van der Waals surface area contributed by atoms with Gasteiger partial charge in [0.25, 0.3) is 0 Å². The Morgan fingerprint density at radius 2 is 1.85 bits per heavy atom. The highest BCUT2D eigenvalue weighted by molar-refractivity contribution is 7.80. The number of nitrogens with zero attached hydrogens (tertiary/aromatic N) is 3. The Morgan fingerprint density at radius 3 is 2.60 bits per heavy atom. The summed E-state index contributed by atoms with van der Waals surface area (Å²) in [6.07, 6.45) is 5.41. The first kappa shape index (κ1) is 12.5. The standard InChI is InChI=1S/C15H12N4S/c16-14(20)13-7-4-8-17-15(13)19-10-12(9-18-19)11-5-2-1-3-6-11/h1-10H,(H2,16,20). The molecule has 0 aliphatic heterocycles. The van der Waals surface area contributed by atoms with E-state index in [-0.39, 0.29) is 0 Å². The zero-order valence-corrected chi connectivity index (χ0v) is 11.4. The van der Waals surface area contributed by atoms with Gasteiger partial charge in [-0.3, -0.25) is 0 Å². The predicted octanol–water partition coefficient (Wildman–Crippen LogP) is 2.57. The number of hydrogen-bond donors (Lipinski definition) is 1. The summed E-state index contributed by atoms with van der Waals surface area (Å²) in [5.41, 5.74) is 8.56. The molecule has 4 nitrogen and oxygen atoms in total. The second-order valence-electron chi connectivity index (χ2n) is 4.28. The maximum absolute atomic E-state index is 5.72. The van der Waals surface area contributed by atoms with E-state index in [4.69, 9.17) is 18.0 Å². The average Bonchev–Trinajstić information content (AvgIpc) is 2.98. The first-order chi connectivity index (χ1) is 9.75. The Kier molecular flexibility index (Phi) is 3.26. The molecule has 0 bridgehead atoms. The van der Waals surface area contributed by atoms with E-state index in [0.29, 0.717) is 16.4 Å². The summed E-state index contributed by atoms with van der Waals surface area (Å²) < 4.78 is 1.69. The molecule has 2 aromatic heterocycles. The number of thiocarbonyl (C=S) groups is 1. The normalized spacial score (nSPS) is 10.4. The molecule has 3 aromatic rings. The quantitative estimate of drug-likeness (QED) is 0.749. The van der Waals surface area contributed by atoms with Gasteiger partial charge in [0.05, 0.1) is 11.8 Å². The van der Waals surface area contributed by atoms with Crippen molar-refractivity contribution in [3.63, 3.8) is 0 Å². The van der Waals surface area contributed by atoms with E-state index in [1.54, 1.807) is 23.1 Å². The Balaban J connectivity index is 2.05.